The number of carbonyl (C=O) groups is 1. The largest absolute Gasteiger partial charge is 0.368 e. The van der Waals surface area contributed by atoms with Gasteiger partial charge in [-0.15, -0.1) is 0 Å². The predicted octanol–water partition coefficient (Wildman–Crippen LogP) is 0.0728. The van der Waals surface area contributed by atoms with Crippen molar-refractivity contribution in [2.75, 3.05) is 0 Å². The maximum Gasteiger partial charge on any atom is 0.161 e. The first kappa shape index (κ1) is 6.71. The Kier molecular flexibility index (Phi) is 1.83. The molecular formula is C6H10O3. The highest BCUT2D eigenvalue weighted by atomic mass is 16.6. The molecule has 52 valence electrons. The predicted molar refractivity (Wildman–Crippen MR) is 30.8 cm³/mol. The molecule has 0 amide bonds. The molecule has 2 atom stereocenters. The number of ether oxygens (including phenoxy) is 1. The van der Waals surface area contributed by atoms with E-state index in [1.165, 1.54) is 0 Å². The van der Waals surface area contributed by atoms with E-state index < -0.39 is 12.4 Å². The molecule has 1 aliphatic rings. The topological polar surface area (TPSA) is 46.5 Å². The van der Waals surface area contributed by atoms with Crippen molar-refractivity contribution in [3.8, 4) is 0 Å². The van der Waals surface area contributed by atoms with Gasteiger partial charge in [-0.3, -0.25) is 4.79 Å². The second-order valence-corrected chi connectivity index (χ2v) is 2.24. The Morgan fingerprint density at radius 2 is 2.44 bits per heavy atom. The molecule has 0 aliphatic carbocycles. The van der Waals surface area contributed by atoms with E-state index in [-0.39, 0.29) is 5.78 Å². The fraction of sp³-hybridized carbons (Fsp3) is 0.833. The van der Waals surface area contributed by atoms with Crippen molar-refractivity contribution < 1.29 is 14.6 Å². The van der Waals surface area contributed by atoms with E-state index in [0.717, 1.165) is 0 Å². The van der Waals surface area contributed by atoms with Crippen LogP contribution in [0.3, 0.4) is 0 Å². The number of aliphatic hydroxyl groups is 1. The van der Waals surface area contributed by atoms with Crippen LogP contribution in [-0.4, -0.2) is 23.3 Å². The molecule has 1 heterocycles. The van der Waals surface area contributed by atoms with Crippen LogP contribution < -0.4 is 0 Å². The highest BCUT2D eigenvalue weighted by molar-refractivity contribution is 5.83. The van der Waals surface area contributed by atoms with Gasteiger partial charge in [-0.1, -0.05) is 0 Å². The van der Waals surface area contributed by atoms with Crippen LogP contribution in [0, 0.1) is 0 Å². The lowest BCUT2D eigenvalue weighted by atomic mass is 10.1. The minimum absolute atomic E-state index is 0.0836. The Hall–Kier alpha value is -0.410. The summed E-state index contributed by atoms with van der Waals surface area (Å²) in [7, 11) is 0. The average Bonchev–Trinajstić information content (AvgIpc) is 1.80. The lowest BCUT2D eigenvalue weighted by Gasteiger charge is -2.22. The third-order valence-electron chi connectivity index (χ3n) is 1.45. The summed E-state index contributed by atoms with van der Waals surface area (Å²) in [6.45, 7) is 1.66. The molecular weight excluding hydrogens is 120 g/mol. The zero-order valence-corrected chi connectivity index (χ0v) is 5.33. The number of Topliss-reactive ketones (excluding diaryl/α,β-unsaturated/α-hetero) is 1. The monoisotopic (exact) mass is 130 g/mol. The van der Waals surface area contributed by atoms with Crippen LogP contribution in [0.4, 0.5) is 0 Å². The van der Waals surface area contributed by atoms with E-state index in [0.29, 0.717) is 12.8 Å². The summed E-state index contributed by atoms with van der Waals surface area (Å²) in [5, 5.41) is 8.82. The lowest BCUT2D eigenvalue weighted by molar-refractivity contribution is -0.172. The number of carbonyl (C=O) groups excluding carboxylic acids is 1. The zero-order valence-electron chi connectivity index (χ0n) is 5.33. The van der Waals surface area contributed by atoms with Crippen molar-refractivity contribution in [1.29, 1.82) is 0 Å². The average molecular weight is 130 g/mol. The molecule has 0 saturated carbocycles. The van der Waals surface area contributed by atoms with Gasteiger partial charge in [-0.05, 0) is 6.92 Å². The molecule has 1 fully saturated rings. The Balaban J connectivity index is 2.44. The first-order valence-electron chi connectivity index (χ1n) is 3.06. The molecule has 0 radical (unpaired) electrons. The molecule has 3 heteroatoms. The molecule has 9 heavy (non-hydrogen) atoms. The van der Waals surface area contributed by atoms with E-state index in [1.54, 1.807) is 6.92 Å². The summed E-state index contributed by atoms with van der Waals surface area (Å²) in [5.74, 6) is 0.0836. The van der Waals surface area contributed by atoms with Crippen molar-refractivity contribution in [2.24, 2.45) is 0 Å². The molecule has 0 bridgehead atoms. The minimum atomic E-state index is -0.724. The maximum absolute atomic E-state index is 10.7. The van der Waals surface area contributed by atoms with Crippen LogP contribution >= 0.6 is 0 Å². The Morgan fingerprint density at radius 1 is 1.78 bits per heavy atom. The van der Waals surface area contributed by atoms with Crippen LogP contribution in [0.5, 0.6) is 0 Å². The Labute approximate surface area is 53.6 Å². The van der Waals surface area contributed by atoms with Crippen molar-refractivity contribution in [1.82, 2.24) is 0 Å². The second kappa shape index (κ2) is 2.45. The summed E-state index contributed by atoms with van der Waals surface area (Å²) in [4.78, 5) is 10.7. The van der Waals surface area contributed by atoms with E-state index in [9.17, 15) is 4.79 Å². The van der Waals surface area contributed by atoms with E-state index >= 15 is 0 Å². The number of aliphatic hydroxyl groups excluding tert-OH is 1. The van der Waals surface area contributed by atoms with Crippen molar-refractivity contribution in [2.45, 2.75) is 32.2 Å². The normalized spacial score (nSPS) is 36.9. The summed E-state index contributed by atoms with van der Waals surface area (Å²) in [5.41, 5.74) is 0. The number of hydrogen-bond acceptors (Lipinski definition) is 3. The van der Waals surface area contributed by atoms with Crippen LogP contribution in [-0.2, 0) is 9.53 Å². The van der Waals surface area contributed by atoms with E-state index in [4.69, 9.17) is 9.84 Å². The van der Waals surface area contributed by atoms with Gasteiger partial charge in [0, 0.05) is 12.8 Å². The second-order valence-electron chi connectivity index (χ2n) is 2.24. The van der Waals surface area contributed by atoms with E-state index in [1.807, 2.05) is 0 Å². The number of ketones is 1. The summed E-state index contributed by atoms with van der Waals surface area (Å²) in [6.07, 6.45) is -0.239. The van der Waals surface area contributed by atoms with Crippen molar-refractivity contribution >= 4 is 5.78 Å². The summed E-state index contributed by atoms with van der Waals surface area (Å²) >= 11 is 0. The molecule has 1 rings (SSSR count). The molecule has 0 aromatic carbocycles. The van der Waals surface area contributed by atoms with E-state index in [2.05, 4.69) is 0 Å². The van der Waals surface area contributed by atoms with Gasteiger partial charge in [0.25, 0.3) is 0 Å². The number of hydrogen-bond donors (Lipinski definition) is 1. The Morgan fingerprint density at radius 3 is 2.89 bits per heavy atom. The summed E-state index contributed by atoms with van der Waals surface area (Å²) < 4.78 is 4.80. The Bertz CT molecular complexity index is 121. The van der Waals surface area contributed by atoms with Crippen LogP contribution in [0.2, 0.25) is 0 Å². The molecule has 3 nitrogen and oxygen atoms in total. The number of rotatable bonds is 0. The zero-order chi connectivity index (χ0) is 6.85. The van der Waals surface area contributed by atoms with Gasteiger partial charge in [0.15, 0.2) is 12.1 Å². The third kappa shape index (κ3) is 1.50. The van der Waals surface area contributed by atoms with Gasteiger partial charge in [0.1, 0.15) is 6.10 Å². The molecule has 0 aromatic rings. The molecule has 1 saturated heterocycles. The van der Waals surface area contributed by atoms with Gasteiger partial charge in [0.05, 0.1) is 0 Å². The van der Waals surface area contributed by atoms with Crippen molar-refractivity contribution in [3.05, 3.63) is 0 Å². The molecule has 0 aromatic heterocycles. The molecule has 0 spiro atoms. The van der Waals surface area contributed by atoms with Gasteiger partial charge in [-0.25, -0.2) is 0 Å². The molecule has 2 unspecified atom stereocenters. The highest BCUT2D eigenvalue weighted by Crippen LogP contribution is 2.12. The van der Waals surface area contributed by atoms with Gasteiger partial charge in [-0.2, -0.15) is 0 Å². The van der Waals surface area contributed by atoms with Crippen molar-refractivity contribution in [3.63, 3.8) is 0 Å². The molecule has 1 N–H and O–H groups in total. The summed E-state index contributed by atoms with van der Waals surface area (Å²) in [6, 6.07) is 0. The fourth-order valence-corrected chi connectivity index (χ4v) is 0.849. The van der Waals surface area contributed by atoms with Gasteiger partial charge >= 0.3 is 0 Å². The SMILES string of the molecule is CC1OC(O)CCC1=O. The third-order valence-corrected chi connectivity index (χ3v) is 1.45. The lowest BCUT2D eigenvalue weighted by Crippen LogP contribution is -2.32. The quantitative estimate of drug-likeness (QED) is 0.505. The minimum Gasteiger partial charge on any atom is -0.368 e. The van der Waals surface area contributed by atoms with Gasteiger partial charge < -0.3 is 9.84 Å². The maximum atomic E-state index is 10.7. The van der Waals surface area contributed by atoms with Crippen LogP contribution in [0.1, 0.15) is 19.8 Å². The standard InChI is InChI=1S/C6H10O3/c1-4-5(7)2-3-6(8)9-4/h4,6,8H,2-3H2,1H3. The smallest absolute Gasteiger partial charge is 0.161 e. The van der Waals surface area contributed by atoms with Crippen LogP contribution in [0.15, 0.2) is 0 Å². The van der Waals surface area contributed by atoms with Gasteiger partial charge in [0.2, 0.25) is 0 Å². The fourth-order valence-electron chi connectivity index (χ4n) is 0.849. The first-order chi connectivity index (χ1) is 4.20. The molecule has 1 aliphatic heterocycles. The van der Waals surface area contributed by atoms with Crippen LogP contribution in [0.25, 0.3) is 0 Å². The highest BCUT2D eigenvalue weighted by Gasteiger charge is 2.23. The first-order valence-corrected chi connectivity index (χ1v) is 3.06.